The third-order valence-electron chi connectivity index (χ3n) is 4.72. The lowest BCUT2D eigenvalue weighted by atomic mass is 10.2. The topological polar surface area (TPSA) is 84.3 Å². The predicted octanol–water partition coefficient (Wildman–Crippen LogP) is 2.70. The van der Waals surface area contributed by atoms with Crippen molar-refractivity contribution in [1.29, 1.82) is 0 Å². The van der Waals surface area contributed by atoms with Crippen LogP contribution >= 0.6 is 0 Å². The summed E-state index contributed by atoms with van der Waals surface area (Å²) < 4.78 is 27.7. The summed E-state index contributed by atoms with van der Waals surface area (Å²) in [5, 5.41) is 2.91. The molecule has 0 spiro atoms. The van der Waals surface area contributed by atoms with E-state index >= 15 is 0 Å². The Hall–Kier alpha value is -2.71. The van der Waals surface area contributed by atoms with Gasteiger partial charge in [0.05, 0.1) is 15.9 Å². The molecule has 0 bridgehead atoms. The number of fused-ring (bicyclic) bond motifs is 1. The Bertz CT molecular complexity index is 1130. The first-order chi connectivity index (χ1) is 13.2. The van der Waals surface area contributed by atoms with E-state index in [2.05, 4.69) is 10.3 Å². The molecule has 3 rings (SSSR count). The molecule has 8 heteroatoms. The van der Waals surface area contributed by atoms with E-state index < -0.39 is 10.0 Å². The van der Waals surface area contributed by atoms with Gasteiger partial charge >= 0.3 is 0 Å². The van der Waals surface area contributed by atoms with Gasteiger partial charge in [-0.3, -0.25) is 4.79 Å². The minimum atomic E-state index is -3.52. The molecule has 0 radical (unpaired) electrons. The van der Waals surface area contributed by atoms with Crippen molar-refractivity contribution in [2.45, 2.75) is 24.7 Å². The zero-order valence-corrected chi connectivity index (χ0v) is 17.2. The third-order valence-corrected chi connectivity index (χ3v) is 6.53. The fraction of sp³-hybridized carbons (Fsp3) is 0.300. The van der Waals surface area contributed by atoms with Crippen LogP contribution in [-0.2, 0) is 28.3 Å². The fourth-order valence-electron chi connectivity index (χ4n) is 2.98. The summed E-state index contributed by atoms with van der Waals surface area (Å²) >= 11 is 0. The van der Waals surface area contributed by atoms with Gasteiger partial charge in [0.15, 0.2) is 0 Å². The molecule has 3 aromatic rings. The predicted molar refractivity (Wildman–Crippen MR) is 110 cm³/mol. The Kier molecular flexibility index (Phi) is 5.53. The van der Waals surface area contributed by atoms with Gasteiger partial charge in [-0.05, 0) is 36.8 Å². The summed E-state index contributed by atoms with van der Waals surface area (Å²) in [5.74, 6) is 0.645. The fourth-order valence-corrected chi connectivity index (χ4v) is 3.90. The van der Waals surface area contributed by atoms with Crippen LogP contribution in [0.4, 0.5) is 5.69 Å². The number of carbonyl (C=O) groups excluding carboxylic acids is 1. The highest BCUT2D eigenvalue weighted by atomic mass is 32.2. The van der Waals surface area contributed by atoms with Crippen molar-refractivity contribution in [3.63, 3.8) is 0 Å². The number of sulfonamides is 1. The molecule has 1 aromatic heterocycles. The highest BCUT2D eigenvalue weighted by Gasteiger charge is 2.19. The minimum Gasteiger partial charge on any atom is -0.331 e. The highest BCUT2D eigenvalue weighted by molar-refractivity contribution is 7.89. The van der Waals surface area contributed by atoms with Crippen molar-refractivity contribution in [3.8, 4) is 0 Å². The maximum atomic E-state index is 12.3. The molecule has 1 heterocycles. The monoisotopic (exact) mass is 400 g/mol. The lowest BCUT2D eigenvalue weighted by molar-refractivity contribution is -0.116. The second-order valence-corrected chi connectivity index (χ2v) is 9.04. The van der Waals surface area contributed by atoms with E-state index in [-0.39, 0.29) is 17.2 Å². The maximum absolute atomic E-state index is 12.3. The van der Waals surface area contributed by atoms with Crippen molar-refractivity contribution < 1.29 is 13.2 Å². The van der Waals surface area contributed by atoms with Crippen molar-refractivity contribution in [2.75, 3.05) is 19.4 Å². The zero-order valence-electron chi connectivity index (χ0n) is 16.4. The van der Waals surface area contributed by atoms with Gasteiger partial charge in [-0.15, -0.1) is 0 Å². The van der Waals surface area contributed by atoms with Gasteiger partial charge in [0, 0.05) is 39.7 Å². The van der Waals surface area contributed by atoms with Crippen molar-refractivity contribution in [3.05, 3.63) is 53.9 Å². The summed E-state index contributed by atoms with van der Waals surface area (Å²) in [5.41, 5.74) is 3.23. The van der Waals surface area contributed by atoms with Gasteiger partial charge < -0.3 is 9.88 Å². The zero-order chi connectivity index (χ0) is 20.5. The first kappa shape index (κ1) is 20.0. The number of rotatable bonds is 6. The van der Waals surface area contributed by atoms with Crippen LogP contribution in [0.2, 0.25) is 0 Å². The minimum absolute atomic E-state index is 0.0859. The number of para-hydroxylation sites is 1. The first-order valence-electron chi connectivity index (χ1n) is 8.93. The van der Waals surface area contributed by atoms with Gasteiger partial charge in [0.1, 0.15) is 5.82 Å². The lowest BCUT2D eigenvalue weighted by Crippen LogP contribution is -2.22. The number of aromatic nitrogens is 2. The number of carbonyl (C=O) groups is 1. The lowest BCUT2D eigenvalue weighted by Gasteiger charge is -2.10. The number of aryl methyl sites for hydroxylation is 3. The highest BCUT2D eigenvalue weighted by Crippen LogP contribution is 2.22. The number of imidazole rings is 1. The van der Waals surface area contributed by atoms with Gasteiger partial charge in [-0.1, -0.05) is 18.2 Å². The average molecular weight is 401 g/mol. The number of nitrogens with one attached hydrogen (secondary N) is 1. The molecule has 1 amide bonds. The molecule has 148 valence electrons. The number of hydrogen-bond acceptors (Lipinski definition) is 4. The summed E-state index contributed by atoms with van der Waals surface area (Å²) in [4.78, 5) is 17.0. The van der Waals surface area contributed by atoms with Crippen LogP contribution in [0.3, 0.4) is 0 Å². The van der Waals surface area contributed by atoms with Crippen molar-refractivity contribution in [2.24, 2.45) is 7.05 Å². The van der Waals surface area contributed by atoms with E-state index in [4.69, 9.17) is 0 Å². The third kappa shape index (κ3) is 3.93. The maximum Gasteiger partial charge on any atom is 0.242 e. The molecule has 1 N–H and O–H groups in total. The van der Waals surface area contributed by atoms with E-state index in [0.717, 1.165) is 22.6 Å². The molecular formula is C20H24N4O3S. The van der Waals surface area contributed by atoms with Crippen LogP contribution in [-0.4, -0.2) is 42.3 Å². The summed E-state index contributed by atoms with van der Waals surface area (Å²) in [7, 11) is 1.34. The normalized spacial score (nSPS) is 11.9. The Labute approximate surface area is 165 Å². The summed E-state index contributed by atoms with van der Waals surface area (Å²) in [6, 6.07) is 12.5. The number of hydrogen-bond donors (Lipinski definition) is 1. The Balaban J connectivity index is 1.77. The average Bonchev–Trinajstić information content (AvgIpc) is 2.97. The van der Waals surface area contributed by atoms with Gasteiger partial charge in [0.2, 0.25) is 15.9 Å². The van der Waals surface area contributed by atoms with Crippen molar-refractivity contribution >= 4 is 32.7 Å². The molecule has 2 aromatic carbocycles. The molecule has 0 aliphatic carbocycles. The largest absolute Gasteiger partial charge is 0.331 e. The molecule has 0 fully saturated rings. The summed E-state index contributed by atoms with van der Waals surface area (Å²) in [6.07, 6.45) is 0.743. The van der Waals surface area contributed by atoms with E-state index in [9.17, 15) is 13.2 Å². The molecule has 28 heavy (non-hydrogen) atoms. The quantitative estimate of drug-likeness (QED) is 0.689. The van der Waals surface area contributed by atoms with Crippen LogP contribution in [0, 0.1) is 6.92 Å². The Morgan fingerprint density at radius 2 is 1.89 bits per heavy atom. The van der Waals surface area contributed by atoms with Crippen LogP contribution in [0.1, 0.15) is 17.8 Å². The van der Waals surface area contributed by atoms with Crippen LogP contribution in [0.5, 0.6) is 0 Å². The van der Waals surface area contributed by atoms with Gasteiger partial charge in [-0.2, -0.15) is 0 Å². The van der Waals surface area contributed by atoms with E-state index in [1.807, 2.05) is 42.8 Å². The number of amides is 1. The number of nitrogens with zero attached hydrogens (tertiary/aromatic N) is 3. The first-order valence-corrected chi connectivity index (χ1v) is 10.4. The molecule has 0 atom stereocenters. The van der Waals surface area contributed by atoms with E-state index in [1.165, 1.54) is 18.4 Å². The smallest absolute Gasteiger partial charge is 0.242 e. The van der Waals surface area contributed by atoms with Crippen molar-refractivity contribution in [1.82, 2.24) is 13.9 Å². The molecule has 0 saturated heterocycles. The summed E-state index contributed by atoms with van der Waals surface area (Å²) in [6.45, 7) is 1.94. The van der Waals surface area contributed by atoms with E-state index in [1.54, 1.807) is 18.2 Å². The molecule has 0 aliphatic heterocycles. The molecule has 0 aliphatic rings. The van der Waals surface area contributed by atoms with Crippen LogP contribution in [0.25, 0.3) is 11.0 Å². The Morgan fingerprint density at radius 3 is 2.57 bits per heavy atom. The second kappa shape index (κ2) is 7.73. The molecular weight excluding hydrogens is 376 g/mol. The van der Waals surface area contributed by atoms with Crippen LogP contribution < -0.4 is 5.32 Å². The number of benzene rings is 2. The Morgan fingerprint density at radius 1 is 1.18 bits per heavy atom. The SMILES string of the molecule is Cc1ccccc1NC(=O)CCc1nc2cc(S(=O)(=O)N(C)C)ccc2n1C. The van der Waals surface area contributed by atoms with Gasteiger partial charge in [-0.25, -0.2) is 17.7 Å². The molecule has 7 nitrogen and oxygen atoms in total. The molecule has 0 saturated carbocycles. The second-order valence-electron chi connectivity index (χ2n) is 6.89. The van der Waals surface area contributed by atoms with E-state index in [0.29, 0.717) is 11.9 Å². The number of anilines is 1. The standard InChI is InChI=1S/C20H24N4O3S/c1-14-7-5-6-8-16(14)22-20(25)12-11-19-21-17-13-15(28(26,27)23(2)3)9-10-18(17)24(19)4/h5-10,13H,11-12H2,1-4H3,(H,22,25). The molecule has 0 unspecified atom stereocenters. The van der Waals surface area contributed by atoms with Gasteiger partial charge in [0.25, 0.3) is 0 Å². The van der Waals surface area contributed by atoms with Crippen LogP contribution in [0.15, 0.2) is 47.4 Å².